The molecule has 0 aliphatic rings. The van der Waals surface area contributed by atoms with E-state index in [1.807, 2.05) is 24.4 Å². The lowest BCUT2D eigenvalue weighted by atomic mass is 10.2. The van der Waals surface area contributed by atoms with Crippen molar-refractivity contribution in [3.8, 4) is 0 Å². The Hall–Kier alpha value is -1.65. The average molecular weight is 334 g/mol. The lowest BCUT2D eigenvalue weighted by Crippen LogP contribution is -1.97. The molecule has 2 aromatic carbocycles. The van der Waals surface area contributed by atoms with Gasteiger partial charge in [0.25, 0.3) is 0 Å². The van der Waals surface area contributed by atoms with Gasteiger partial charge in [-0.05, 0) is 35.9 Å². The number of nitrogens with zero attached hydrogens (tertiary/aromatic N) is 1. The molecule has 2 nitrogen and oxygen atoms in total. The third-order valence-electron chi connectivity index (χ3n) is 3.36. The Morgan fingerprint density at radius 1 is 1.10 bits per heavy atom. The van der Waals surface area contributed by atoms with Crippen molar-refractivity contribution in [2.75, 3.05) is 0 Å². The smallest absolute Gasteiger partial charge is 0.123 e. The topological polar surface area (TPSA) is 25.2 Å². The average Bonchev–Trinajstić information content (AvgIpc) is 2.78. The van der Waals surface area contributed by atoms with E-state index < -0.39 is 0 Å². The predicted octanol–water partition coefficient (Wildman–Crippen LogP) is 4.08. The fraction of sp³-hybridized carbons (Fsp3) is 0.125. The van der Waals surface area contributed by atoms with Gasteiger partial charge in [0.05, 0.1) is 6.61 Å². The van der Waals surface area contributed by atoms with Crippen molar-refractivity contribution in [1.29, 1.82) is 0 Å². The van der Waals surface area contributed by atoms with Gasteiger partial charge < -0.3 is 9.67 Å². The molecule has 20 heavy (non-hydrogen) atoms. The summed E-state index contributed by atoms with van der Waals surface area (Å²) in [5.41, 5.74) is 2.97. The quantitative estimate of drug-likeness (QED) is 0.767. The number of halogens is 2. The minimum atomic E-state index is -0.230. The molecule has 4 heteroatoms. The first-order valence-electron chi connectivity index (χ1n) is 6.30. The summed E-state index contributed by atoms with van der Waals surface area (Å²) in [6.07, 6.45) is 1.94. The molecule has 0 radical (unpaired) electrons. The standard InChI is InChI=1S/C16H13BrFNO/c17-13-3-6-16-15(7-13)12(10-20)9-19(16)8-11-1-4-14(18)5-2-11/h1-7,9,20H,8,10H2. The second-order valence-corrected chi connectivity index (χ2v) is 5.64. The minimum Gasteiger partial charge on any atom is -0.392 e. The van der Waals surface area contributed by atoms with Crippen LogP contribution in [-0.4, -0.2) is 9.67 Å². The molecule has 3 aromatic rings. The molecular formula is C16H13BrFNO. The number of aromatic nitrogens is 1. The molecule has 0 amide bonds. The van der Waals surface area contributed by atoms with Crippen molar-refractivity contribution in [2.24, 2.45) is 0 Å². The predicted molar refractivity (Wildman–Crippen MR) is 81.1 cm³/mol. The van der Waals surface area contributed by atoms with E-state index in [2.05, 4.69) is 20.5 Å². The van der Waals surface area contributed by atoms with Crippen molar-refractivity contribution < 1.29 is 9.50 Å². The van der Waals surface area contributed by atoms with Crippen molar-refractivity contribution in [3.63, 3.8) is 0 Å². The van der Waals surface area contributed by atoms with E-state index in [4.69, 9.17) is 0 Å². The maximum atomic E-state index is 12.9. The van der Waals surface area contributed by atoms with E-state index in [1.165, 1.54) is 12.1 Å². The highest BCUT2D eigenvalue weighted by atomic mass is 79.9. The fourth-order valence-electron chi connectivity index (χ4n) is 2.39. The van der Waals surface area contributed by atoms with Gasteiger partial charge in [0.15, 0.2) is 0 Å². The number of aliphatic hydroxyl groups is 1. The summed E-state index contributed by atoms with van der Waals surface area (Å²) in [6.45, 7) is 0.655. The Kier molecular flexibility index (Phi) is 3.59. The number of fused-ring (bicyclic) bond motifs is 1. The number of aliphatic hydroxyl groups excluding tert-OH is 1. The Bertz CT molecular complexity index is 749. The molecule has 1 heterocycles. The van der Waals surface area contributed by atoms with Crippen LogP contribution in [0.2, 0.25) is 0 Å². The summed E-state index contributed by atoms with van der Waals surface area (Å²) in [5.74, 6) is -0.230. The van der Waals surface area contributed by atoms with E-state index in [-0.39, 0.29) is 12.4 Å². The monoisotopic (exact) mass is 333 g/mol. The number of hydrogen-bond donors (Lipinski definition) is 1. The first-order valence-corrected chi connectivity index (χ1v) is 7.09. The van der Waals surface area contributed by atoms with Crippen LogP contribution in [0.3, 0.4) is 0 Å². The van der Waals surface area contributed by atoms with Gasteiger partial charge in [0.2, 0.25) is 0 Å². The molecule has 0 aliphatic carbocycles. The second-order valence-electron chi connectivity index (χ2n) is 4.73. The molecule has 1 aromatic heterocycles. The van der Waals surface area contributed by atoms with Gasteiger partial charge in [-0.15, -0.1) is 0 Å². The van der Waals surface area contributed by atoms with Gasteiger partial charge in [0, 0.05) is 33.7 Å². The minimum absolute atomic E-state index is 0.00334. The summed E-state index contributed by atoms with van der Waals surface area (Å²) >= 11 is 3.45. The lowest BCUT2D eigenvalue weighted by molar-refractivity contribution is 0.283. The van der Waals surface area contributed by atoms with E-state index in [0.717, 1.165) is 26.5 Å². The largest absolute Gasteiger partial charge is 0.392 e. The number of rotatable bonds is 3. The zero-order valence-electron chi connectivity index (χ0n) is 10.7. The molecule has 1 N–H and O–H groups in total. The Morgan fingerprint density at radius 3 is 2.55 bits per heavy atom. The van der Waals surface area contributed by atoms with Crippen LogP contribution in [0.4, 0.5) is 4.39 Å². The van der Waals surface area contributed by atoms with Crippen molar-refractivity contribution in [2.45, 2.75) is 13.2 Å². The Morgan fingerprint density at radius 2 is 1.85 bits per heavy atom. The van der Waals surface area contributed by atoms with Gasteiger partial charge in [0.1, 0.15) is 5.82 Å². The van der Waals surface area contributed by atoms with Gasteiger partial charge in [-0.25, -0.2) is 4.39 Å². The summed E-state index contributed by atoms with van der Waals surface area (Å²) in [4.78, 5) is 0. The van der Waals surface area contributed by atoms with Crippen LogP contribution in [0.1, 0.15) is 11.1 Å². The summed E-state index contributed by atoms with van der Waals surface area (Å²) in [7, 11) is 0. The zero-order chi connectivity index (χ0) is 14.1. The SMILES string of the molecule is OCc1cn(Cc2ccc(F)cc2)c2ccc(Br)cc12. The van der Waals surface area contributed by atoms with Crippen LogP contribution in [-0.2, 0) is 13.2 Å². The van der Waals surface area contributed by atoms with Crippen LogP contribution >= 0.6 is 15.9 Å². The molecule has 0 atom stereocenters. The molecule has 0 fully saturated rings. The summed E-state index contributed by atoms with van der Waals surface area (Å²) in [5, 5.41) is 10.5. The zero-order valence-corrected chi connectivity index (χ0v) is 12.3. The molecule has 0 spiro atoms. The first kappa shape index (κ1) is 13.3. The van der Waals surface area contributed by atoms with Crippen LogP contribution in [0.5, 0.6) is 0 Å². The Balaban J connectivity index is 2.05. The van der Waals surface area contributed by atoms with Gasteiger partial charge in [-0.3, -0.25) is 0 Å². The molecule has 3 rings (SSSR count). The van der Waals surface area contributed by atoms with E-state index >= 15 is 0 Å². The van der Waals surface area contributed by atoms with Gasteiger partial charge in [-0.1, -0.05) is 28.1 Å². The van der Waals surface area contributed by atoms with Gasteiger partial charge in [-0.2, -0.15) is 0 Å². The van der Waals surface area contributed by atoms with E-state index in [0.29, 0.717) is 6.54 Å². The third-order valence-corrected chi connectivity index (χ3v) is 3.86. The van der Waals surface area contributed by atoms with Crippen LogP contribution in [0, 0.1) is 5.82 Å². The van der Waals surface area contributed by atoms with Crippen LogP contribution in [0.25, 0.3) is 10.9 Å². The molecule has 0 aliphatic heterocycles. The van der Waals surface area contributed by atoms with Crippen molar-refractivity contribution >= 4 is 26.8 Å². The van der Waals surface area contributed by atoms with Crippen molar-refractivity contribution in [1.82, 2.24) is 4.57 Å². The third kappa shape index (κ3) is 2.49. The molecule has 0 saturated heterocycles. The maximum absolute atomic E-state index is 12.9. The van der Waals surface area contributed by atoms with Gasteiger partial charge >= 0.3 is 0 Å². The fourth-order valence-corrected chi connectivity index (χ4v) is 2.75. The van der Waals surface area contributed by atoms with Crippen LogP contribution < -0.4 is 0 Å². The molecule has 0 saturated carbocycles. The summed E-state index contributed by atoms with van der Waals surface area (Å²) in [6, 6.07) is 12.5. The highest BCUT2D eigenvalue weighted by molar-refractivity contribution is 9.10. The molecule has 0 unspecified atom stereocenters. The molecular weight excluding hydrogens is 321 g/mol. The second kappa shape index (κ2) is 5.38. The number of hydrogen-bond acceptors (Lipinski definition) is 1. The first-order chi connectivity index (χ1) is 9.67. The summed E-state index contributed by atoms with van der Waals surface area (Å²) < 4.78 is 16.0. The number of benzene rings is 2. The molecule has 102 valence electrons. The molecule has 0 bridgehead atoms. The van der Waals surface area contributed by atoms with E-state index in [1.54, 1.807) is 12.1 Å². The van der Waals surface area contributed by atoms with Crippen molar-refractivity contribution in [3.05, 3.63) is 70.1 Å². The van der Waals surface area contributed by atoms with Crippen LogP contribution in [0.15, 0.2) is 53.1 Å². The Labute approximate surface area is 124 Å². The maximum Gasteiger partial charge on any atom is 0.123 e. The van der Waals surface area contributed by atoms with E-state index in [9.17, 15) is 9.50 Å². The highest BCUT2D eigenvalue weighted by Crippen LogP contribution is 2.26. The highest BCUT2D eigenvalue weighted by Gasteiger charge is 2.08. The lowest BCUT2D eigenvalue weighted by Gasteiger charge is -2.05. The normalized spacial score (nSPS) is 11.2.